The Hall–Kier alpha value is -2.40. The quantitative estimate of drug-likeness (QED) is 0.911. The standard InChI is InChI=1S/C18H18FNO3/c19-15-8-4-5-13(16(15)21)11-20-10-9-18(12-20,17(22)23)14-6-2-1-3-7-14/h1-8,21H,9-12H2,(H,22,23). The molecule has 5 heteroatoms. The fraction of sp³-hybridized carbons (Fsp3) is 0.278. The lowest BCUT2D eigenvalue weighted by Gasteiger charge is -2.25. The Morgan fingerprint density at radius 1 is 1.17 bits per heavy atom. The molecule has 0 radical (unpaired) electrons. The fourth-order valence-electron chi connectivity index (χ4n) is 3.24. The van der Waals surface area contributed by atoms with Crippen LogP contribution in [-0.4, -0.2) is 34.2 Å². The molecule has 2 aromatic rings. The lowest BCUT2D eigenvalue weighted by atomic mass is 9.80. The van der Waals surface area contributed by atoms with Gasteiger partial charge in [0, 0.05) is 25.2 Å². The van der Waals surface area contributed by atoms with Crippen LogP contribution in [0.25, 0.3) is 0 Å². The van der Waals surface area contributed by atoms with Crippen LogP contribution in [0.1, 0.15) is 17.5 Å². The number of carboxylic acids is 1. The van der Waals surface area contributed by atoms with Crippen LogP contribution < -0.4 is 0 Å². The van der Waals surface area contributed by atoms with Crippen molar-refractivity contribution in [2.45, 2.75) is 18.4 Å². The number of hydrogen-bond donors (Lipinski definition) is 2. The van der Waals surface area contributed by atoms with E-state index in [-0.39, 0.29) is 5.75 Å². The first-order valence-electron chi connectivity index (χ1n) is 7.50. The molecule has 3 rings (SSSR count). The number of halogens is 1. The summed E-state index contributed by atoms with van der Waals surface area (Å²) in [6.45, 7) is 1.24. The van der Waals surface area contributed by atoms with Crippen molar-refractivity contribution in [3.8, 4) is 5.75 Å². The molecule has 1 aliphatic heterocycles. The summed E-state index contributed by atoms with van der Waals surface area (Å²) in [6, 6.07) is 13.6. The average molecular weight is 315 g/mol. The van der Waals surface area contributed by atoms with Gasteiger partial charge in [-0.3, -0.25) is 9.69 Å². The molecule has 0 bridgehead atoms. The minimum Gasteiger partial charge on any atom is -0.505 e. The number of carbonyl (C=O) groups is 1. The molecule has 1 atom stereocenters. The van der Waals surface area contributed by atoms with E-state index < -0.39 is 17.2 Å². The number of para-hydroxylation sites is 1. The van der Waals surface area contributed by atoms with Crippen LogP contribution in [0.3, 0.4) is 0 Å². The summed E-state index contributed by atoms with van der Waals surface area (Å²) < 4.78 is 13.4. The Labute approximate surface area is 133 Å². The zero-order valence-electron chi connectivity index (χ0n) is 12.6. The lowest BCUT2D eigenvalue weighted by molar-refractivity contribution is -0.143. The van der Waals surface area contributed by atoms with E-state index in [1.807, 2.05) is 35.2 Å². The smallest absolute Gasteiger partial charge is 0.315 e. The SMILES string of the molecule is O=C(O)C1(c2ccccc2)CCN(Cc2cccc(F)c2O)C1. The zero-order valence-corrected chi connectivity index (χ0v) is 12.6. The number of phenolic OH excluding ortho intramolecular Hbond substituents is 1. The third kappa shape index (κ3) is 2.80. The van der Waals surface area contributed by atoms with Crippen molar-refractivity contribution in [3.63, 3.8) is 0 Å². The molecule has 4 nitrogen and oxygen atoms in total. The van der Waals surface area contributed by atoms with E-state index in [9.17, 15) is 19.4 Å². The van der Waals surface area contributed by atoms with Gasteiger partial charge in [-0.1, -0.05) is 42.5 Å². The minimum atomic E-state index is -0.954. The molecule has 1 unspecified atom stereocenters. The van der Waals surface area contributed by atoms with E-state index in [2.05, 4.69) is 0 Å². The second-order valence-corrected chi connectivity index (χ2v) is 5.96. The van der Waals surface area contributed by atoms with E-state index >= 15 is 0 Å². The van der Waals surface area contributed by atoms with Crippen molar-refractivity contribution in [1.82, 2.24) is 4.90 Å². The van der Waals surface area contributed by atoms with Crippen molar-refractivity contribution in [2.24, 2.45) is 0 Å². The molecule has 0 amide bonds. The second-order valence-electron chi connectivity index (χ2n) is 5.96. The molecule has 0 aromatic heterocycles. The molecule has 0 spiro atoms. The Kier molecular flexibility index (Phi) is 4.05. The number of benzene rings is 2. The van der Waals surface area contributed by atoms with Crippen LogP contribution >= 0.6 is 0 Å². The van der Waals surface area contributed by atoms with Crippen LogP contribution in [0.2, 0.25) is 0 Å². The van der Waals surface area contributed by atoms with Crippen LogP contribution in [0, 0.1) is 5.82 Å². The van der Waals surface area contributed by atoms with E-state index in [0.717, 1.165) is 5.56 Å². The van der Waals surface area contributed by atoms with Gasteiger partial charge in [0.25, 0.3) is 0 Å². The number of carboxylic acid groups (broad SMARTS) is 1. The van der Waals surface area contributed by atoms with E-state index in [1.165, 1.54) is 6.07 Å². The van der Waals surface area contributed by atoms with Gasteiger partial charge in [0.15, 0.2) is 11.6 Å². The number of nitrogens with zero attached hydrogens (tertiary/aromatic N) is 1. The molecule has 1 fully saturated rings. The molecule has 1 heterocycles. The van der Waals surface area contributed by atoms with Crippen molar-refractivity contribution in [2.75, 3.05) is 13.1 Å². The maximum atomic E-state index is 13.4. The first-order chi connectivity index (χ1) is 11.0. The molecular formula is C18H18FNO3. The van der Waals surface area contributed by atoms with Gasteiger partial charge >= 0.3 is 5.97 Å². The van der Waals surface area contributed by atoms with Gasteiger partial charge in [-0.15, -0.1) is 0 Å². The summed E-state index contributed by atoms with van der Waals surface area (Å²) in [7, 11) is 0. The Balaban J connectivity index is 1.84. The highest BCUT2D eigenvalue weighted by Gasteiger charge is 2.46. The van der Waals surface area contributed by atoms with Gasteiger partial charge in [0.1, 0.15) is 5.41 Å². The molecule has 23 heavy (non-hydrogen) atoms. The van der Waals surface area contributed by atoms with Crippen LogP contribution in [0.15, 0.2) is 48.5 Å². The fourth-order valence-corrected chi connectivity index (χ4v) is 3.24. The minimum absolute atomic E-state index is 0.325. The predicted octanol–water partition coefficient (Wildman–Crippen LogP) is 2.76. The summed E-state index contributed by atoms with van der Waals surface area (Å²) in [6.07, 6.45) is 0.489. The van der Waals surface area contributed by atoms with Gasteiger partial charge in [0.2, 0.25) is 0 Å². The third-order valence-electron chi connectivity index (χ3n) is 4.55. The van der Waals surface area contributed by atoms with Crippen molar-refractivity contribution in [1.29, 1.82) is 0 Å². The summed E-state index contributed by atoms with van der Waals surface area (Å²) in [5, 5.41) is 19.6. The number of aliphatic carboxylic acids is 1. The van der Waals surface area contributed by atoms with Gasteiger partial charge in [0.05, 0.1) is 0 Å². The molecule has 0 aliphatic carbocycles. The number of rotatable bonds is 4. The molecule has 1 aliphatic rings. The monoisotopic (exact) mass is 315 g/mol. The van der Waals surface area contributed by atoms with Crippen LogP contribution in [-0.2, 0) is 16.8 Å². The van der Waals surface area contributed by atoms with Gasteiger partial charge in [-0.2, -0.15) is 0 Å². The molecular weight excluding hydrogens is 297 g/mol. The topological polar surface area (TPSA) is 60.8 Å². The average Bonchev–Trinajstić information content (AvgIpc) is 2.98. The van der Waals surface area contributed by atoms with Gasteiger partial charge in [-0.25, -0.2) is 4.39 Å². The molecule has 1 saturated heterocycles. The van der Waals surface area contributed by atoms with E-state index in [1.54, 1.807) is 12.1 Å². The zero-order chi connectivity index (χ0) is 16.4. The molecule has 120 valence electrons. The number of aromatic hydroxyl groups is 1. The van der Waals surface area contributed by atoms with E-state index in [4.69, 9.17) is 0 Å². The Morgan fingerprint density at radius 2 is 1.91 bits per heavy atom. The summed E-state index contributed by atoms with van der Waals surface area (Å²) in [4.78, 5) is 13.8. The van der Waals surface area contributed by atoms with Crippen molar-refractivity contribution in [3.05, 3.63) is 65.5 Å². The first-order valence-corrected chi connectivity index (χ1v) is 7.50. The number of hydrogen-bond acceptors (Lipinski definition) is 3. The maximum Gasteiger partial charge on any atom is 0.315 e. The normalized spacial score (nSPS) is 21.4. The highest BCUT2D eigenvalue weighted by Crippen LogP contribution is 2.36. The predicted molar refractivity (Wildman–Crippen MR) is 83.7 cm³/mol. The summed E-state index contributed by atoms with van der Waals surface area (Å²) in [5.74, 6) is -1.87. The molecule has 2 aromatic carbocycles. The molecule has 0 saturated carbocycles. The van der Waals surface area contributed by atoms with Gasteiger partial charge in [-0.05, 0) is 18.1 Å². The summed E-state index contributed by atoms with van der Waals surface area (Å²) in [5.41, 5.74) is 0.294. The largest absolute Gasteiger partial charge is 0.505 e. The first kappa shape index (κ1) is 15.5. The van der Waals surface area contributed by atoms with Crippen molar-refractivity contribution < 1.29 is 19.4 Å². The highest BCUT2D eigenvalue weighted by molar-refractivity contribution is 5.82. The third-order valence-corrected chi connectivity index (χ3v) is 4.55. The maximum absolute atomic E-state index is 13.4. The second kappa shape index (κ2) is 6.01. The number of phenols is 1. The Bertz CT molecular complexity index is 719. The van der Waals surface area contributed by atoms with Gasteiger partial charge < -0.3 is 10.2 Å². The van der Waals surface area contributed by atoms with Crippen molar-refractivity contribution >= 4 is 5.97 Å². The van der Waals surface area contributed by atoms with E-state index in [0.29, 0.717) is 31.6 Å². The van der Waals surface area contributed by atoms with Crippen LogP contribution in [0.4, 0.5) is 4.39 Å². The summed E-state index contributed by atoms with van der Waals surface area (Å²) >= 11 is 0. The highest BCUT2D eigenvalue weighted by atomic mass is 19.1. The number of likely N-dealkylation sites (tertiary alicyclic amines) is 1. The Morgan fingerprint density at radius 3 is 2.61 bits per heavy atom. The van der Waals surface area contributed by atoms with Crippen LogP contribution in [0.5, 0.6) is 5.75 Å². The molecule has 2 N–H and O–H groups in total. The lowest BCUT2D eigenvalue weighted by Crippen LogP contribution is -2.38.